The van der Waals surface area contributed by atoms with Crippen molar-refractivity contribution in [2.24, 2.45) is 5.73 Å². The first-order valence-corrected chi connectivity index (χ1v) is 1.22. The van der Waals surface area contributed by atoms with Crippen LogP contribution >= 0.6 is 0 Å². The second kappa shape index (κ2) is 8.95. The normalized spacial score (nSPS) is 6.00. The Hall–Kier alpha value is 1.18. The molecule has 0 unspecified atom stereocenters. The van der Waals surface area contributed by atoms with Crippen molar-refractivity contribution in [1.82, 2.24) is 0 Å². The quantitative estimate of drug-likeness (QED) is 0.442. The summed E-state index contributed by atoms with van der Waals surface area (Å²) in [5, 5.41) is 7.75. The zero-order valence-electron chi connectivity index (χ0n) is 2.79. The molecule has 0 rings (SSSR count). The zero-order chi connectivity index (χ0) is 3.41. The maximum atomic E-state index is 7.75. The van der Waals surface area contributed by atoms with Crippen molar-refractivity contribution in [2.75, 3.05) is 13.2 Å². The number of aliphatic hydroxyl groups excluding tert-OH is 1. The molecular weight excluding hydrogens is 94.0 g/mol. The molecule has 0 saturated carbocycles. The number of hydrogen-bond acceptors (Lipinski definition) is 2. The Balaban J connectivity index is 0. The number of rotatable bonds is 1. The van der Waals surface area contributed by atoms with Crippen LogP contribution in [0, 0.1) is 37.7 Å². The van der Waals surface area contributed by atoms with Crippen LogP contribution in [0.3, 0.4) is 0 Å². The molecule has 0 amide bonds. The molecule has 0 radical (unpaired) electrons. The standard InChI is InChI=1S/C2H7NO.Ar/c3-1-2-4;/h4H,1-3H2;. The van der Waals surface area contributed by atoms with E-state index < -0.39 is 0 Å². The van der Waals surface area contributed by atoms with E-state index in [1.165, 1.54) is 0 Å². The van der Waals surface area contributed by atoms with Gasteiger partial charge in [-0.2, -0.15) is 0 Å². The van der Waals surface area contributed by atoms with Crippen LogP contribution in [0.2, 0.25) is 0 Å². The average Bonchev–Trinajstić information content (AvgIpc) is 1.37. The van der Waals surface area contributed by atoms with E-state index in [1.807, 2.05) is 0 Å². The molecule has 0 atom stereocenters. The largest absolute Gasteiger partial charge is 0.395 e. The maximum Gasteiger partial charge on any atom is 0.0553 e. The minimum atomic E-state index is 0. The van der Waals surface area contributed by atoms with E-state index in [0.717, 1.165) is 0 Å². The summed E-state index contributed by atoms with van der Waals surface area (Å²) in [6, 6.07) is 0. The van der Waals surface area contributed by atoms with E-state index in [2.05, 4.69) is 0 Å². The van der Waals surface area contributed by atoms with Gasteiger partial charge in [-0.3, -0.25) is 0 Å². The Morgan fingerprint density at radius 2 is 1.80 bits per heavy atom. The summed E-state index contributed by atoms with van der Waals surface area (Å²) in [6.07, 6.45) is 0. The van der Waals surface area contributed by atoms with Gasteiger partial charge >= 0.3 is 0 Å². The van der Waals surface area contributed by atoms with Gasteiger partial charge in [0.1, 0.15) is 0 Å². The van der Waals surface area contributed by atoms with Crippen molar-refractivity contribution in [2.45, 2.75) is 0 Å². The number of aliphatic hydroxyl groups is 1. The summed E-state index contributed by atoms with van der Waals surface area (Å²) in [5.41, 5.74) is 4.78. The van der Waals surface area contributed by atoms with E-state index in [9.17, 15) is 0 Å². The summed E-state index contributed by atoms with van der Waals surface area (Å²) in [6.45, 7) is 0.472. The third kappa shape index (κ3) is 11.0. The van der Waals surface area contributed by atoms with Crippen LogP contribution in [0.5, 0.6) is 0 Å². The summed E-state index contributed by atoms with van der Waals surface area (Å²) in [5.74, 6) is 0. The van der Waals surface area contributed by atoms with Crippen molar-refractivity contribution < 1.29 is 42.8 Å². The van der Waals surface area contributed by atoms with Crippen LogP contribution in [0.1, 0.15) is 0 Å². The molecule has 0 aliphatic heterocycles. The molecule has 2 nitrogen and oxygen atoms in total. The molecule has 0 heterocycles. The summed E-state index contributed by atoms with van der Waals surface area (Å²) in [4.78, 5) is 0. The number of nitrogens with two attached hydrogens (primary N) is 1. The molecular formula is C2H7ArNO. The molecule has 5 heavy (non-hydrogen) atoms. The average molecular weight is 101 g/mol. The van der Waals surface area contributed by atoms with Gasteiger partial charge in [0.15, 0.2) is 0 Å². The van der Waals surface area contributed by atoms with Crippen LogP contribution < -0.4 is 5.73 Å². The van der Waals surface area contributed by atoms with E-state index >= 15 is 0 Å². The van der Waals surface area contributed by atoms with E-state index in [4.69, 9.17) is 10.8 Å². The van der Waals surface area contributed by atoms with Gasteiger partial charge < -0.3 is 10.8 Å². The monoisotopic (exact) mass is 101 g/mol. The fraction of sp³-hybridized carbons (Fsp3) is 1.00. The first-order chi connectivity index (χ1) is 1.91. The fourth-order valence-corrected chi connectivity index (χ4v) is 0. The van der Waals surface area contributed by atoms with Crippen molar-refractivity contribution in [1.29, 1.82) is 0 Å². The zero-order valence-corrected chi connectivity index (χ0v) is 3.50. The molecule has 0 aromatic carbocycles. The van der Waals surface area contributed by atoms with Crippen LogP contribution in [0.15, 0.2) is 0 Å². The molecule has 0 aliphatic rings. The molecule has 34 valence electrons. The molecule has 0 fully saturated rings. The molecule has 3 heteroatoms. The molecule has 0 bridgehead atoms. The number of hydrogen-bond donors (Lipinski definition) is 2. The molecule has 0 spiro atoms. The molecule has 0 saturated heterocycles. The summed E-state index contributed by atoms with van der Waals surface area (Å²) >= 11 is 0. The predicted octanol–water partition coefficient (Wildman–Crippen LogP) is -1.06. The van der Waals surface area contributed by atoms with Gasteiger partial charge in [-0.15, -0.1) is 0 Å². The molecule has 0 aromatic rings. The van der Waals surface area contributed by atoms with Crippen molar-refractivity contribution >= 4 is 0 Å². The second-order valence-corrected chi connectivity index (χ2v) is 0.512. The second-order valence-electron chi connectivity index (χ2n) is 0.512. The molecule has 3 N–H and O–H groups in total. The van der Waals surface area contributed by atoms with Crippen molar-refractivity contribution in [3.05, 3.63) is 0 Å². The van der Waals surface area contributed by atoms with E-state index in [1.54, 1.807) is 0 Å². The molecule has 0 aromatic heterocycles. The Labute approximate surface area is 61.4 Å². The first-order valence-electron chi connectivity index (χ1n) is 1.22. The topological polar surface area (TPSA) is 46.2 Å². The van der Waals surface area contributed by atoms with E-state index in [0.29, 0.717) is 6.54 Å². The van der Waals surface area contributed by atoms with Gasteiger partial charge in [0.05, 0.1) is 6.61 Å². The van der Waals surface area contributed by atoms with Crippen LogP contribution in [0.4, 0.5) is 0 Å². The summed E-state index contributed by atoms with van der Waals surface area (Å²) in [7, 11) is 0. The van der Waals surface area contributed by atoms with Gasteiger partial charge in [0.2, 0.25) is 0 Å². The summed E-state index contributed by atoms with van der Waals surface area (Å²) < 4.78 is 0. The van der Waals surface area contributed by atoms with Gasteiger partial charge in [0.25, 0.3) is 0 Å². The van der Waals surface area contributed by atoms with Crippen LogP contribution in [0.25, 0.3) is 0 Å². The minimum absolute atomic E-state index is 0. The van der Waals surface area contributed by atoms with Crippen molar-refractivity contribution in [3.8, 4) is 0 Å². The van der Waals surface area contributed by atoms with E-state index in [-0.39, 0.29) is 44.3 Å². The van der Waals surface area contributed by atoms with Gasteiger partial charge in [0, 0.05) is 44.3 Å². The predicted molar refractivity (Wildman–Crippen MR) is 16.1 cm³/mol. The van der Waals surface area contributed by atoms with Gasteiger partial charge in [-0.25, -0.2) is 0 Å². The molecule has 0 aliphatic carbocycles. The minimum Gasteiger partial charge on any atom is -0.395 e. The van der Waals surface area contributed by atoms with Gasteiger partial charge in [-0.1, -0.05) is 0 Å². The third-order valence-electron chi connectivity index (χ3n) is 0.129. The smallest absolute Gasteiger partial charge is 0.0553 e. The Morgan fingerprint density at radius 1 is 1.60 bits per heavy atom. The maximum absolute atomic E-state index is 7.75. The third-order valence-corrected chi connectivity index (χ3v) is 0.129. The van der Waals surface area contributed by atoms with Crippen LogP contribution in [-0.4, -0.2) is 18.3 Å². The van der Waals surface area contributed by atoms with Crippen molar-refractivity contribution in [3.63, 3.8) is 0 Å². The SMILES string of the molecule is NCCO.[Ar]. The van der Waals surface area contributed by atoms with Gasteiger partial charge in [-0.05, 0) is 0 Å². The Bertz CT molecular complexity index is 11.6. The fourth-order valence-electron chi connectivity index (χ4n) is 0. The van der Waals surface area contributed by atoms with Crippen LogP contribution in [-0.2, 0) is 0 Å². The first kappa shape index (κ1) is 9.49. The Kier molecular flexibility index (Phi) is 17.0. The Morgan fingerprint density at radius 3 is 1.80 bits per heavy atom.